The summed E-state index contributed by atoms with van der Waals surface area (Å²) in [6, 6.07) is 0. The van der Waals surface area contributed by atoms with Gasteiger partial charge in [-0.15, -0.1) is 0 Å². The molecule has 0 radical (unpaired) electrons. The average Bonchev–Trinajstić information content (AvgIpc) is 2.59. The van der Waals surface area contributed by atoms with Gasteiger partial charge in [0.15, 0.2) is 12.2 Å². The smallest absolute Gasteiger partial charge is 0.409 e. The molecule has 0 spiro atoms. The van der Waals surface area contributed by atoms with Gasteiger partial charge in [-0.3, -0.25) is 14.4 Å². The lowest BCUT2D eigenvalue weighted by Crippen LogP contribution is -2.68. The molecule has 5 unspecified atom stereocenters. The van der Waals surface area contributed by atoms with Crippen molar-refractivity contribution in [3.63, 3.8) is 0 Å². The third-order valence-electron chi connectivity index (χ3n) is 4.18. The molecule has 5 atom stereocenters. The maximum Gasteiger partial charge on any atom is 0.409 e. The summed E-state index contributed by atoms with van der Waals surface area (Å²) in [5.41, 5.74) is -6.82. The Kier molecular flexibility index (Phi) is 9.89. The van der Waals surface area contributed by atoms with Crippen molar-refractivity contribution < 1.29 is 53.4 Å². The SMILES string of the molecule is CC(=O)OCC(C)(O)C(OC(C)=O)C(C)(O)C(OC(C)=O)C(C)(O)COC(=O)N(C)C. The quantitative estimate of drug-likeness (QED) is 0.285. The van der Waals surface area contributed by atoms with Gasteiger partial charge in [0.2, 0.25) is 0 Å². The van der Waals surface area contributed by atoms with Gasteiger partial charge >= 0.3 is 24.0 Å². The van der Waals surface area contributed by atoms with E-state index >= 15 is 0 Å². The van der Waals surface area contributed by atoms with E-state index in [1.54, 1.807) is 0 Å². The molecule has 3 N–H and O–H groups in total. The van der Waals surface area contributed by atoms with Crippen molar-refractivity contribution in [3.05, 3.63) is 0 Å². The van der Waals surface area contributed by atoms with Gasteiger partial charge in [0.25, 0.3) is 0 Å². The number of nitrogens with zero attached hydrogens (tertiary/aromatic N) is 1. The van der Waals surface area contributed by atoms with Crippen molar-refractivity contribution in [1.82, 2.24) is 4.90 Å². The van der Waals surface area contributed by atoms with Gasteiger partial charge in [-0.25, -0.2) is 4.79 Å². The summed E-state index contributed by atoms with van der Waals surface area (Å²) < 4.78 is 19.9. The van der Waals surface area contributed by atoms with Crippen molar-refractivity contribution >= 4 is 24.0 Å². The van der Waals surface area contributed by atoms with Crippen LogP contribution < -0.4 is 0 Å². The second kappa shape index (κ2) is 10.7. The van der Waals surface area contributed by atoms with Gasteiger partial charge in [-0.1, -0.05) is 0 Å². The van der Waals surface area contributed by atoms with E-state index in [1.165, 1.54) is 14.1 Å². The first-order valence-corrected chi connectivity index (χ1v) is 9.33. The molecular weight excluding hydrogens is 418 g/mol. The van der Waals surface area contributed by atoms with E-state index in [4.69, 9.17) is 18.9 Å². The number of rotatable bonds is 10. The summed E-state index contributed by atoms with van der Waals surface area (Å²) in [6.45, 7) is 4.94. The van der Waals surface area contributed by atoms with E-state index in [9.17, 15) is 34.5 Å². The third kappa shape index (κ3) is 8.67. The second-order valence-corrected chi connectivity index (χ2v) is 8.15. The lowest BCUT2D eigenvalue weighted by molar-refractivity contribution is -0.258. The topological polar surface area (TPSA) is 169 Å². The van der Waals surface area contributed by atoms with Crippen molar-refractivity contribution in [2.75, 3.05) is 27.3 Å². The van der Waals surface area contributed by atoms with E-state index in [2.05, 4.69) is 0 Å². The Hall–Kier alpha value is -2.44. The maximum absolute atomic E-state index is 11.7. The minimum absolute atomic E-state index is 0.693. The van der Waals surface area contributed by atoms with E-state index < -0.39 is 66.2 Å². The van der Waals surface area contributed by atoms with Crippen LogP contribution in [-0.2, 0) is 33.3 Å². The van der Waals surface area contributed by atoms with Gasteiger partial charge < -0.3 is 39.2 Å². The largest absolute Gasteiger partial charge is 0.463 e. The lowest BCUT2D eigenvalue weighted by atomic mass is 9.76. The summed E-state index contributed by atoms with van der Waals surface area (Å²) >= 11 is 0. The standard InChI is InChI=1S/C19H33NO11/c1-11(21)28-9-17(4,25)14(30-12(2)22)19(6,27)15(31-13(3)23)18(5,26)10-29-16(24)20(7)8/h14-15,25-27H,9-10H2,1-8H3. The van der Waals surface area contributed by atoms with Gasteiger partial charge in [0.05, 0.1) is 0 Å². The Morgan fingerprint density at radius 3 is 1.39 bits per heavy atom. The molecule has 0 aromatic carbocycles. The minimum atomic E-state index is -2.45. The highest BCUT2D eigenvalue weighted by Crippen LogP contribution is 2.35. The lowest BCUT2D eigenvalue weighted by Gasteiger charge is -2.47. The Labute approximate surface area is 181 Å². The molecule has 0 rings (SSSR count). The number of esters is 3. The van der Waals surface area contributed by atoms with E-state index in [-0.39, 0.29) is 0 Å². The molecule has 0 aliphatic heterocycles. The van der Waals surface area contributed by atoms with Crippen molar-refractivity contribution in [2.45, 2.75) is 70.6 Å². The zero-order chi connectivity index (χ0) is 24.8. The molecule has 1 amide bonds. The Bertz CT molecular complexity index is 670. The first-order chi connectivity index (χ1) is 13.8. The number of carbonyl (C=O) groups excluding carboxylic acids is 4. The Morgan fingerprint density at radius 2 is 1.10 bits per heavy atom. The van der Waals surface area contributed by atoms with Crippen LogP contribution in [0.1, 0.15) is 41.5 Å². The van der Waals surface area contributed by atoms with E-state index in [0.717, 1.165) is 46.4 Å². The fraction of sp³-hybridized carbons (Fsp3) is 0.789. The molecule has 0 heterocycles. The molecule has 0 aromatic rings. The van der Waals surface area contributed by atoms with Gasteiger partial charge in [0.1, 0.15) is 30.0 Å². The highest BCUT2D eigenvalue weighted by atomic mass is 16.6. The predicted molar refractivity (Wildman–Crippen MR) is 105 cm³/mol. The number of ether oxygens (including phenoxy) is 4. The molecule has 12 nitrogen and oxygen atoms in total. The second-order valence-electron chi connectivity index (χ2n) is 8.15. The van der Waals surface area contributed by atoms with Crippen LogP contribution in [0.3, 0.4) is 0 Å². The molecule has 0 aliphatic rings. The summed E-state index contributed by atoms with van der Waals surface area (Å²) in [4.78, 5) is 47.4. The summed E-state index contributed by atoms with van der Waals surface area (Å²) in [5.74, 6) is -2.60. The van der Waals surface area contributed by atoms with Crippen LogP contribution in [0.4, 0.5) is 4.79 Å². The van der Waals surface area contributed by atoms with Gasteiger partial charge in [-0.05, 0) is 20.8 Å². The normalized spacial score (nSPS) is 18.8. The Morgan fingerprint density at radius 1 is 0.742 bits per heavy atom. The fourth-order valence-electron chi connectivity index (χ4n) is 2.96. The first kappa shape index (κ1) is 28.6. The van der Waals surface area contributed by atoms with Crippen LogP contribution in [0.15, 0.2) is 0 Å². The van der Waals surface area contributed by atoms with Gasteiger partial charge in [0, 0.05) is 34.9 Å². The van der Waals surface area contributed by atoms with Crippen molar-refractivity contribution in [3.8, 4) is 0 Å². The van der Waals surface area contributed by atoms with Crippen LogP contribution in [-0.4, -0.2) is 101 Å². The monoisotopic (exact) mass is 451 g/mol. The molecule has 0 aromatic heterocycles. The maximum atomic E-state index is 11.7. The highest BCUT2D eigenvalue weighted by molar-refractivity contribution is 5.68. The highest BCUT2D eigenvalue weighted by Gasteiger charge is 2.58. The molecule has 0 saturated carbocycles. The Balaban J connectivity index is 6.20. The molecule has 12 heteroatoms. The summed E-state index contributed by atoms with van der Waals surface area (Å²) in [5, 5.41) is 33.0. The number of carbonyl (C=O) groups is 4. The molecule has 0 bridgehead atoms. The average molecular weight is 451 g/mol. The van der Waals surface area contributed by atoms with Crippen LogP contribution >= 0.6 is 0 Å². The van der Waals surface area contributed by atoms with Crippen molar-refractivity contribution in [1.29, 1.82) is 0 Å². The molecule has 180 valence electrons. The number of hydrogen-bond acceptors (Lipinski definition) is 11. The van der Waals surface area contributed by atoms with Gasteiger partial charge in [-0.2, -0.15) is 0 Å². The van der Waals surface area contributed by atoms with E-state index in [0.29, 0.717) is 0 Å². The van der Waals surface area contributed by atoms with Crippen LogP contribution in [0.2, 0.25) is 0 Å². The molecule has 0 fully saturated rings. The van der Waals surface area contributed by atoms with Crippen LogP contribution in [0.25, 0.3) is 0 Å². The summed E-state index contributed by atoms with van der Waals surface area (Å²) in [6.07, 6.45) is -4.53. The van der Waals surface area contributed by atoms with E-state index in [1.807, 2.05) is 0 Å². The van der Waals surface area contributed by atoms with Crippen LogP contribution in [0, 0.1) is 0 Å². The number of hydrogen-bond donors (Lipinski definition) is 3. The third-order valence-corrected chi connectivity index (χ3v) is 4.18. The number of aliphatic hydroxyl groups is 3. The minimum Gasteiger partial charge on any atom is -0.463 e. The van der Waals surface area contributed by atoms with Crippen molar-refractivity contribution in [2.24, 2.45) is 0 Å². The fourth-order valence-corrected chi connectivity index (χ4v) is 2.96. The zero-order valence-corrected chi connectivity index (χ0v) is 19.1. The molecular formula is C19H33NO11. The molecule has 0 saturated heterocycles. The summed E-state index contributed by atoms with van der Waals surface area (Å²) in [7, 11) is 2.80. The number of amides is 1. The first-order valence-electron chi connectivity index (χ1n) is 9.33. The molecule has 31 heavy (non-hydrogen) atoms. The zero-order valence-electron chi connectivity index (χ0n) is 19.1. The predicted octanol–water partition coefficient (Wildman–Crippen LogP) is -0.636. The molecule has 0 aliphatic carbocycles. The van der Waals surface area contributed by atoms with Crippen LogP contribution in [0.5, 0.6) is 0 Å².